The molecule has 1 saturated carbocycles. The van der Waals surface area contributed by atoms with E-state index in [0.717, 1.165) is 61.1 Å². The number of benzene rings is 1. The smallest absolute Gasteiger partial charge is 0.397 e. The van der Waals surface area contributed by atoms with Crippen LogP contribution in [0.4, 0.5) is 18.9 Å². The Hall–Kier alpha value is -2.92. The van der Waals surface area contributed by atoms with E-state index in [-0.39, 0.29) is 19.4 Å². The lowest BCUT2D eigenvalue weighted by Crippen LogP contribution is -2.57. The molecule has 3 fully saturated rings. The molecule has 6 atom stereocenters. The third-order valence-corrected chi connectivity index (χ3v) is 10.6. The highest BCUT2D eigenvalue weighted by Crippen LogP contribution is 2.43. The highest BCUT2D eigenvalue weighted by Gasteiger charge is 2.61. The fourth-order valence-corrected chi connectivity index (χ4v) is 7.95. The van der Waals surface area contributed by atoms with Crippen molar-refractivity contribution in [3.63, 3.8) is 0 Å². The lowest BCUT2D eigenvalue weighted by atomic mass is 9.84. The van der Waals surface area contributed by atoms with Crippen LogP contribution in [0.5, 0.6) is 5.75 Å². The van der Waals surface area contributed by atoms with Gasteiger partial charge in [-0.15, -0.1) is 0 Å². The Balaban J connectivity index is 1.57. The van der Waals surface area contributed by atoms with Crippen LogP contribution in [0.25, 0.3) is 0 Å². The topological polar surface area (TPSA) is 89.5 Å². The molecule has 0 radical (unpaired) electrons. The Kier molecular flexibility index (Phi) is 11.8. The third-order valence-electron chi connectivity index (χ3n) is 10.6. The lowest BCUT2D eigenvalue weighted by Gasteiger charge is -2.37. The molecule has 6 unspecified atom stereocenters. The van der Waals surface area contributed by atoms with Crippen molar-refractivity contribution in [3.8, 4) is 5.75 Å². The Bertz CT molecular complexity index is 1400. The standard InChI is InChI=1S/C38H54F3N3O5/c1-23(2)34(45)33-32(38(39,40)41)31-21-44(33)36(46)35(37(3,4)5)42-22-48-29-16-10-13-24(29)12-8-7-9-15-28-30(49-31)17-11-14-25-20-26(47-6)18-19-27(25)43-28/h17-20,23-24,29,31-33,35,42H,7-16,21-22H2,1-6H3. The first-order chi connectivity index (χ1) is 23.2. The fraction of sp³-hybridized carbons (Fsp3) is 0.711. The summed E-state index contributed by atoms with van der Waals surface area (Å²) >= 11 is 0. The zero-order valence-electron chi connectivity index (χ0n) is 29.9. The number of amides is 1. The van der Waals surface area contributed by atoms with Gasteiger partial charge in [-0.2, -0.15) is 13.2 Å². The minimum absolute atomic E-state index is 0.0644. The van der Waals surface area contributed by atoms with Crippen molar-refractivity contribution in [2.45, 2.75) is 129 Å². The summed E-state index contributed by atoms with van der Waals surface area (Å²) in [7, 11) is 1.61. The normalized spacial score (nSPS) is 29.3. The van der Waals surface area contributed by atoms with Crippen LogP contribution in [0, 0.1) is 23.2 Å². The summed E-state index contributed by atoms with van der Waals surface area (Å²) in [6, 6.07) is 3.06. The van der Waals surface area contributed by atoms with Gasteiger partial charge in [0.05, 0.1) is 43.9 Å². The quantitative estimate of drug-likeness (QED) is 0.350. The molecule has 2 saturated heterocycles. The van der Waals surface area contributed by atoms with Crippen LogP contribution in [0.3, 0.4) is 0 Å². The number of nitrogens with one attached hydrogen (secondary N) is 1. The van der Waals surface area contributed by atoms with Crippen molar-refractivity contribution in [3.05, 3.63) is 35.6 Å². The molecule has 1 N–H and O–H groups in total. The molecule has 1 aromatic carbocycles. The maximum Gasteiger partial charge on any atom is 0.397 e. The van der Waals surface area contributed by atoms with Gasteiger partial charge in [0, 0.05) is 5.92 Å². The first-order valence-corrected chi connectivity index (χ1v) is 18.1. The average Bonchev–Trinajstić information content (AvgIpc) is 3.64. The molecule has 49 heavy (non-hydrogen) atoms. The number of hydrogen-bond acceptors (Lipinski definition) is 7. The van der Waals surface area contributed by atoms with E-state index in [0.29, 0.717) is 42.4 Å². The number of allylic oxidation sites excluding steroid dienone is 2. The molecule has 1 amide bonds. The van der Waals surface area contributed by atoms with E-state index < -0.39 is 53.3 Å². The molecule has 5 rings (SSSR count). The Morgan fingerprint density at radius 3 is 2.49 bits per heavy atom. The number of alkyl halides is 3. The summed E-state index contributed by atoms with van der Waals surface area (Å²) in [5.74, 6) is -2.66. The second kappa shape index (κ2) is 15.5. The Morgan fingerprint density at radius 1 is 1.04 bits per heavy atom. The van der Waals surface area contributed by atoms with E-state index in [1.165, 1.54) is 0 Å². The zero-order valence-corrected chi connectivity index (χ0v) is 29.9. The number of carbonyl (C=O) groups is 2. The number of aryl methyl sites for hydroxylation is 1. The maximum absolute atomic E-state index is 15.2. The number of methoxy groups -OCH3 is 1. The van der Waals surface area contributed by atoms with Gasteiger partial charge in [0.1, 0.15) is 29.6 Å². The van der Waals surface area contributed by atoms with Gasteiger partial charge < -0.3 is 19.1 Å². The van der Waals surface area contributed by atoms with Crippen LogP contribution in [0.2, 0.25) is 0 Å². The minimum atomic E-state index is -4.80. The number of nitrogens with zero attached hydrogens (tertiary/aromatic N) is 2. The Morgan fingerprint density at radius 2 is 1.80 bits per heavy atom. The molecule has 0 spiro atoms. The van der Waals surface area contributed by atoms with Crippen LogP contribution < -0.4 is 10.1 Å². The summed E-state index contributed by atoms with van der Waals surface area (Å²) in [5, 5.41) is 3.24. The summed E-state index contributed by atoms with van der Waals surface area (Å²) in [6.45, 7) is 8.49. The van der Waals surface area contributed by atoms with Crippen molar-refractivity contribution < 1.29 is 37.0 Å². The molecule has 11 heteroatoms. The van der Waals surface area contributed by atoms with Gasteiger partial charge in [0.25, 0.3) is 0 Å². The molecule has 8 nitrogen and oxygen atoms in total. The number of aliphatic imine (C=N–C) groups is 1. The maximum atomic E-state index is 15.2. The fourth-order valence-electron chi connectivity index (χ4n) is 7.95. The van der Waals surface area contributed by atoms with Crippen molar-refractivity contribution in [1.82, 2.24) is 10.2 Å². The minimum Gasteiger partial charge on any atom is -0.497 e. The van der Waals surface area contributed by atoms with Gasteiger partial charge in [-0.3, -0.25) is 14.9 Å². The molecule has 3 aliphatic heterocycles. The van der Waals surface area contributed by atoms with E-state index in [1.807, 2.05) is 45.0 Å². The van der Waals surface area contributed by atoms with Crippen molar-refractivity contribution >= 4 is 23.1 Å². The average molecular weight is 690 g/mol. The Labute approximate surface area is 289 Å². The molecule has 272 valence electrons. The SMILES string of the molecule is COc1ccc2c(c1)CCC=C1OC3CN(C(=O)C(C(C)(C)C)NCOC4CCCC4CCCCCC1=N2)C(C(=O)C(C)C)C3C(F)(F)F. The molecule has 1 aromatic rings. The molecular weight excluding hydrogens is 635 g/mol. The van der Waals surface area contributed by atoms with Crippen molar-refractivity contribution in [2.24, 2.45) is 28.2 Å². The highest BCUT2D eigenvalue weighted by atomic mass is 19.4. The van der Waals surface area contributed by atoms with Gasteiger partial charge in [-0.25, -0.2) is 4.99 Å². The molecule has 3 heterocycles. The van der Waals surface area contributed by atoms with E-state index in [2.05, 4.69) is 5.32 Å². The van der Waals surface area contributed by atoms with Crippen LogP contribution in [0.1, 0.15) is 98.0 Å². The van der Waals surface area contributed by atoms with Gasteiger partial charge in [0.15, 0.2) is 5.78 Å². The summed E-state index contributed by atoms with van der Waals surface area (Å²) in [5.41, 5.74) is 1.64. The molecule has 4 aliphatic rings. The number of hydrogen-bond donors (Lipinski definition) is 1. The van der Waals surface area contributed by atoms with Crippen molar-refractivity contribution in [2.75, 3.05) is 20.4 Å². The van der Waals surface area contributed by atoms with Crippen LogP contribution >= 0.6 is 0 Å². The van der Waals surface area contributed by atoms with E-state index in [4.69, 9.17) is 19.2 Å². The summed E-state index contributed by atoms with van der Waals surface area (Å²) < 4.78 is 63.7. The highest BCUT2D eigenvalue weighted by molar-refractivity contribution is 6.00. The second-order valence-corrected chi connectivity index (χ2v) is 15.5. The third kappa shape index (κ3) is 8.70. The number of ether oxygens (including phenoxy) is 3. The van der Waals surface area contributed by atoms with Crippen LogP contribution in [-0.4, -0.2) is 73.2 Å². The van der Waals surface area contributed by atoms with Gasteiger partial charge in [0.2, 0.25) is 5.91 Å². The molecule has 2 bridgehead atoms. The zero-order chi connectivity index (χ0) is 35.5. The molecule has 0 aromatic heterocycles. The van der Waals surface area contributed by atoms with Crippen molar-refractivity contribution in [1.29, 1.82) is 0 Å². The summed E-state index contributed by atoms with van der Waals surface area (Å²) in [4.78, 5) is 34.3. The van der Waals surface area contributed by atoms with Crippen LogP contribution in [-0.2, 0) is 25.5 Å². The first kappa shape index (κ1) is 37.3. The largest absolute Gasteiger partial charge is 0.497 e. The number of carbonyl (C=O) groups excluding carboxylic acids is 2. The van der Waals surface area contributed by atoms with Gasteiger partial charge in [-0.05, 0) is 86.1 Å². The molecular formula is C38H54F3N3O5. The van der Waals surface area contributed by atoms with E-state index >= 15 is 13.2 Å². The predicted molar refractivity (Wildman–Crippen MR) is 183 cm³/mol. The van der Waals surface area contributed by atoms with E-state index in [1.54, 1.807) is 21.0 Å². The second-order valence-electron chi connectivity index (χ2n) is 15.5. The van der Waals surface area contributed by atoms with Crippen LogP contribution in [0.15, 0.2) is 35.0 Å². The first-order valence-electron chi connectivity index (χ1n) is 18.1. The number of halogens is 3. The van der Waals surface area contributed by atoms with E-state index in [9.17, 15) is 9.59 Å². The summed E-state index contributed by atoms with van der Waals surface area (Å²) in [6.07, 6.45) is 4.14. The molecule has 1 aliphatic carbocycles. The predicted octanol–water partition coefficient (Wildman–Crippen LogP) is 7.71. The number of Topliss-reactive ketones (excluding diaryl/α,β-unsaturated/α-hetero) is 1. The lowest BCUT2D eigenvalue weighted by molar-refractivity contribution is -0.201. The van der Waals surface area contributed by atoms with Gasteiger partial charge in [-0.1, -0.05) is 53.9 Å². The monoisotopic (exact) mass is 689 g/mol. The van der Waals surface area contributed by atoms with Gasteiger partial charge >= 0.3 is 6.18 Å². The number of ketones is 1. The number of fused-ring (bicyclic) bond motifs is 5. The number of rotatable bonds is 3.